The number of likely N-dealkylation sites (N-methyl/N-ethyl adjacent to an activating group) is 1. The van der Waals surface area contributed by atoms with Crippen molar-refractivity contribution in [1.82, 2.24) is 10.2 Å². The van der Waals surface area contributed by atoms with Gasteiger partial charge in [-0.05, 0) is 44.1 Å². The maximum atomic E-state index is 12.5. The van der Waals surface area contributed by atoms with Gasteiger partial charge in [0.15, 0.2) is 0 Å². The van der Waals surface area contributed by atoms with E-state index >= 15 is 0 Å². The fourth-order valence-corrected chi connectivity index (χ4v) is 3.27. The van der Waals surface area contributed by atoms with Gasteiger partial charge in [0.2, 0.25) is 0 Å². The van der Waals surface area contributed by atoms with E-state index in [-0.39, 0.29) is 17.6 Å². The van der Waals surface area contributed by atoms with Gasteiger partial charge in [0.1, 0.15) is 0 Å². The smallest absolute Gasteiger partial charge is 0.272 e. The zero-order valence-corrected chi connectivity index (χ0v) is 16.1. The molecule has 0 bridgehead atoms. The van der Waals surface area contributed by atoms with E-state index in [1.807, 2.05) is 18.2 Å². The van der Waals surface area contributed by atoms with Crippen molar-refractivity contribution in [2.45, 2.75) is 33.2 Å². The monoisotopic (exact) mass is 369 g/mol. The molecule has 1 amide bonds. The van der Waals surface area contributed by atoms with Gasteiger partial charge in [-0.3, -0.25) is 19.8 Å². The molecule has 1 N–H and O–H groups in total. The van der Waals surface area contributed by atoms with Gasteiger partial charge in [-0.1, -0.05) is 44.2 Å². The number of carbonyl (C=O) groups is 1. The summed E-state index contributed by atoms with van der Waals surface area (Å²) in [6, 6.07) is 14.9. The molecule has 0 aliphatic rings. The van der Waals surface area contributed by atoms with Crippen molar-refractivity contribution in [1.29, 1.82) is 0 Å². The molecule has 0 aromatic heterocycles. The molecule has 2 aromatic rings. The topological polar surface area (TPSA) is 75.5 Å². The van der Waals surface area contributed by atoms with Crippen LogP contribution in [0.4, 0.5) is 5.69 Å². The fourth-order valence-electron chi connectivity index (χ4n) is 3.27. The third-order valence-electron chi connectivity index (χ3n) is 4.80. The molecule has 27 heavy (non-hydrogen) atoms. The number of nitrogens with one attached hydrogen (secondary N) is 1. The Morgan fingerprint density at radius 2 is 1.81 bits per heavy atom. The van der Waals surface area contributed by atoms with Crippen LogP contribution in [0.5, 0.6) is 0 Å². The molecule has 0 aliphatic heterocycles. The van der Waals surface area contributed by atoms with Crippen LogP contribution in [-0.2, 0) is 6.42 Å². The molecule has 0 aliphatic carbocycles. The Labute approximate surface area is 160 Å². The van der Waals surface area contributed by atoms with E-state index in [4.69, 9.17) is 0 Å². The zero-order valence-electron chi connectivity index (χ0n) is 16.1. The Morgan fingerprint density at radius 3 is 2.37 bits per heavy atom. The van der Waals surface area contributed by atoms with Gasteiger partial charge in [-0.15, -0.1) is 0 Å². The quantitative estimate of drug-likeness (QED) is 0.541. The molecule has 0 saturated heterocycles. The summed E-state index contributed by atoms with van der Waals surface area (Å²) in [5, 5.41) is 13.9. The number of nitrogens with zero attached hydrogens (tertiary/aromatic N) is 2. The molecule has 6 nitrogen and oxygen atoms in total. The minimum atomic E-state index is -0.437. The summed E-state index contributed by atoms with van der Waals surface area (Å²) in [5.41, 5.74) is 2.18. The lowest BCUT2D eigenvalue weighted by molar-refractivity contribution is -0.385. The molecular weight excluding hydrogens is 342 g/mol. The highest BCUT2D eigenvalue weighted by Gasteiger charge is 2.19. The predicted molar refractivity (Wildman–Crippen MR) is 107 cm³/mol. The maximum Gasteiger partial charge on any atom is 0.272 e. The number of hydrogen-bond donors (Lipinski definition) is 1. The van der Waals surface area contributed by atoms with Crippen molar-refractivity contribution in [2.24, 2.45) is 0 Å². The standard InChI is InChI=1S/C21H27N3O3/c1-4-23(5-2)19(14-17-9-7-6-8-10-17)15-22-21(25)18-11-12-20(24(26)27)16(3)13-18/h6-13,19H,4-5,14-15H2,1-3H3,(H,22,25). The van der Waals surface area contributed by atoms with Crippen LogP contribution in [0.15, 0.2) is 48.5 Å². The SMILES string of the molecule is CCN(CC)C(CNC(=O)c1ccc([N+](=O)[O-])c(C)c1)Cc1ccccc1. The van der Waals surface area contributed by atoms with E-state index in [0.717, 1.165) is 19.5 Å². The van der Waals surface area contributed by atoms with Gasteiger partial charge in [0.05, 0.1) is 4.92 Å². The third-order valence-corrected chi connectivity index (χ3v) is 4.80. The van der Waals surface area contributed by atoms with Crippen molar-refractivity contribution in [2.75, 3.05) is 19.6 Å². The number of amides is 1. The van der Waals surface area contributed by atoms with E-state index < -0.39 is 4.92 Å². The summed E-state index contributed by atoms with van der Waals surface area (Å²) < 4.78 is 0. The molecule has 0 radical (unpaired) electrons. The molecule has 0 spiro atoms. The van der Waals surface area contributed by atoms with Crippen LogP contribution in [0, 0.1) is 17.0 Å². The highest BCUT2D eigenvalue weighted by Crippen LogP contribution is 2.18. The van der Waals surface area contributed by atoms with Crippen LogP contribution >= 0.6 is 0 Å². The van der Waals surface area contributed by atoms with Crippen LogP contribution < -0.4 is 5.32 Å². The lowest BCUT2D eigenvalue weighted by atomic mass is 10.0. The lowest BCUT2D eigenvalue weighted by Crippen LogP contribution is -2.45. The molecular formula is C21H27N3O3. The number of hydrogen-bond acceptors (Lipinski definition) is 4. The van der Waals surface area contributed by atoms with E-state index in [0.29, 0.717) is 17.7 Å². The van der Waals surface area contributed by atoms with Crippen molar-refractivity contribution in [3.05, 3.63) is 75.3 Å². The molecule has 0 saturated carbocycles. The second-order valence-electron chi connectivity index (χ2n) is 6.53. The number of nitro benzene ring substituents is 1. The maximum absolute atomic E-state index is 12.5. The Morgan fingerprint density at radius 1 is 1.15 bits per heavy atom. The van der Waals surface area contributed by atoms with Crippen LogP contribution in [0.25, 0.3) is 0 Å². The van der Waals surface area contributed by atoms with Crippen molar-refractivity contribution in [3.8, 4) is 0 Å². The lowest BCUT2D eigenvalue weighted by Gasteiger charge is -2.30. The van der Waals surface area contributed by atoms with E-state index in [1.165, 1.54) is 17.7 Å². The van der Waals surface area contributed by atoms with E-state index in [9.17, 15) is 14.9 Å². The van der Waals surface area contributed by atoms with Crippen LogP contribution in [-0.4, -0.2) is 41.4 Å². The normalized spacial score (nSPS) is 12.0. The fraction of sp³-hybridized carbons (Fsp3) is 0.381. The molecule has 0 heterocycles. The third kappa shape index (κ3) is 5.62. The van der Waals surface area contributed by atoms with Gasteiger partial charge < -0.3 is 5.32 Å². The first-order chi connectivity index (χ1) is 13.0. The molecule has 1 unspecified atom stereocenters. The largest absolute Gasteiger partial charge is 0.350 e. The van der Waals surface area contributed by atoms with Gasteiger partial charge in [0, 0.05) is 29.8 Å². The highest BCUT2D eigenvalue weighted by atomic mass is 16.6. The molecule has 0 fully saturated rings. The van der Waals surface area contributed by atoms with Crippen LogP contribution in [0.2, 0.25) is 0 Å². The van der Waals surface area contributed by atoms with E-state index in [2.05, 4.69) is 36.2 Å². The number of benzene rings is 2. The van der Waals surface area contributed by atoms with Crippen molar-refractivity contribution in [3.63, 3.8) is 0 Å². The summed E-state index contributed by atoms with van der Waals surface area (Å²) in [4.78, 5) is 25.4. The van der Waals surface area contributed by atoms with Gasteiger partial charge >= 0.3 is 0 Å². The zero-order chi connectivity index (χ0) is 19.8. The minimum absolute atomic E-state index is 0.0247. The summed E-state index contributed by atoms with van der Waals surface area (Å²) >= 11 is 0. The summed E-state index contributed by atoms with van der Waals surface area (Å²) in [6.45, 7) is 8.20. The summed E-state index contributed by atoms with van der Waals surface area (Å²) in [5.74, 6) is -0.210. The van der Waals surface area contributed by atoms with Gasteiger partial charge in [-0.25, -0.2) is 0 Å². The first kappa shape index (κ1) is 20.6. The van der Waals surface area contributed by atoms with Crippen LogP contribution in [0.1, 0.15) is 35.3 Å². The molecule has 1 atom stereocenters. The number of aryl methyl sites for hydroxylation is 1. The predicted octanol–water partition coefficient (Wildman–Crippen LogP) is 3.59. The molecule has 2 rings (SSSR count). The average Bonchev–Trinajstić information content (AvgIpc) is 2.67. The second kappa shape index (κ2) is 9.83. The summed E-state index contributed by atoms with van der Waals surface area (Å²) in [7, 11) is 0. The van der Waals surface area contributed by atoms with E-state index in [1.54, 1.807) is 13.0 Å². The Kier molecular flexibility index (Phi) is 7.49. The highest BCUT2D eigenvalue weighted by molar-refractivity contribution is 5.94. The summed E-state index contributed by atoms with van der Waals surface area (Å²) in [6.07, 6.45) is 0.849. The number of rotatable bonds is 9. The van der Waals surface area contributed by atoms with Crippen molar-refractivity contribution < 1.29 is 9.72 Å². The van der Waals surface area contributed by atoms with Gasteiger partial charge in [-0.2, -0.15) is 0 Å². The minimum Gasteiger partial charge on any atom is -0.350 e. The second-order valence-corrected chi connectivity index (χ2v) is 6.53. The number of nitro groups is 1. The molecule has 144 valence electrons. The first-order valence-corrected chi connectivity index (χ1v) is 9.27. The molecule has 2 aromatic carbocycles. The number of carbonyl (C=O) groups excluding carboxylic acids is 1. The Balaban J connectivity index is 2.08. The Bertz CT molecular complexity index is 773. The van der Waals surface area contributed by atoms with Crippen molar-refractivity contribution >= 4 is 11.6 Å². The Hall–Kier alpha value is -2.73. The van der Waals surface area contributed by atoms with Gasteiger partial charge in [0.25, 0.3) is 11.6 Å². The first-order valence-electron chi connectivity index (χ1n) is 9.27. The molecule has 6 heteroatoms. The van der Waals surface area contributed by atoms with Crippen LogP contribution in [0.3, 0.4) is 0 Å². The average molecular weight is 369 g/mol.